The van der Waals surface area contributed by atoms with Gasteiger partial charge < -0.3 is 9.80 Å². The van der Waals surface area contributed by atoms with Gasteiger partial charge in [-0.3, -0.25) is 9.59 Å². The van der Waals surface area contributed by atoms with Gasteiger partial charge in [-0.15, -0.1) is 11.3 Å². The molecule has 27 heavy (non-hydrogen) atoms. The fraction of sp³-hybridized carbons (Fsp3) is 0.588. The van der Waals surface area contributed by atoms with Crippen molar-refractivity contribution >= 4 is 33.2 Å². The number of piperidine rings is 1. The maximum Gasteiger partial charge on any atom is 0.261 e. The molecule has 1 atom stereocenters. The molecule has 0 aromatic carbocycles. The molecule has 0 spiro atoms. The van der Waals surface area contributed by atoms with Crippen molar-refractivity contribution in [1.29, 1.82) is 0 Å². The standard InChI is InChI=1S/C17H24N4O4S2/c1-3-16(22)20-6-4-5-14(11-20)17(23)19-7-9-21(10-8-19)27(24,25)15-12-26-13(2)18-15/h3,12,14H,1,4-11H2,2H3. The Morgan fingerprint density at radius 2 is 1.93 bits per heavy atom. The average molecular weight is 413 g/mol. The minimum atomic E-state index is -3.61. The summed E-state index contributed by atoms with van der Waals surface area (Å²) >= 11 is 1.30. The Morgan fingerprint density at radius 3 is 2.52 bits per heavy atom. The molecular formula is C17H24N4O4S2. The molecule has 2 saturated heterocycles. The Kier molecular flexibility index (Phi) is 5.97. The monoisotopic (exact) mass is 412 g/mol. The molecule has 1 aromatic rings. The topological polar surface area (TPSA) is 90.9 Å². The number of carbonyl (C=O) groups excluding carboxylic acids is 2. The zero-order valence-corrected chi connectivity index (χ0v) is 17.0. The third-order valence-corrected chi connectivity index (χ3v) is 7.71. The van der Waals surface area contributed by atoms with Gasteiger partial charge in [-0.25, -0.2) is 13.4 Å². The van der Waals surface area contributed by atoms with Crippen molar-refractivity contribution in [3.8, 4) is 0 Å². The average Bonchev–Trinajstić information content (AvgIpc) is 3.14. The van der Waals surface area contributed by atoms with Crippen molar-refractivity contribution in [2.24, 2.45) is 5.92 Å². The summed E-state index contributed by atoms with van der Waals surface area (Å²) in [6.07, 6.45) is 2.81. The number of piperazine rings is 1. The number of sulfonamides is 1. The minimum absolute atomic E-state index is 0.00175. The number of nitrogens with zero attached hydrogens (tertiary/aromatic N) is 4. The lowest BCUT2D eigenvalue weighted by Gasteiger charge is -2.38. The summed E-state index contributed by atoms with van der Waals surface area (Å²) in [5.41, 5.74) is 0. The lowest BCUT2D eigenvalue weighted by Crippen LogP contribution is -2.54. The molecule has 0 radical (unpaired) electrons. The van der Waals surface area contributed by atoms with E-state index in [4.69, 9.17) is 0 Å². The van der Waals surface area contributed by atoms with E-state index < -0.39 is 10.0 Å². The fourth-order valence-electron chi connectivity index (χ4n) is 3.51. The second-order valence-electron chi connectivity index (χ2n) is 6.76. The SMILES string of the molecule is C=CC(=O)N1CCCC(C(=O)N2CCN(S(=O)(=O)c3csc(C)n3)CC2)C1. The highest BCUT2D eigenvalue weighted by Crippen LogP contribution is 2.23. The highest BCUT2D eigenvalue weighted by Gasteiger charge is 2.35. The number of carbonyl (C=O) groups is 2. The van der Waals surface area contributed by atoms with Crippen molar-refractivity contribution < 1.29 is 18.0 Å². The van der Waals surface area contributed by atoms with Crippen LogP contribution in [0.3, 0.4) is 0 Å². The van der Waals surface area contributed by atoms with Gasteiger partial charge in [-0.05, 0) is 25.8 Å². The van der Waals surface area contributed by atoms with Gasteiger partial charge in [0.05, 0.1) is 10.9 Å². The molecule has 2 fully saturated rings. The molecular weight excluding hydrogens is 388 g/mol. The molecule has 2 aliphatic heterocycles. The second kappa shape index (κ2) is 8.07. The van der Waals surface area contributed by atoms with E-state index in [1.165, 1.54) is 21.7 Å². The number of thiazole rings is 1. The Balaban J connectivity index is 1.59. The van der Waals surface area contributed by atoms with Crippen molar-refractivity contribution in [2.45, 2.75) is 24.8 Å². The predicted octanol–water partition coefficient (Wildman–Crippen LogP) is 0.709. The lowest BCUT2D eigenvalue weighted by atomic mass is 9.96. The van der Waals surface area contributed by atoms with Crippen molar-refractivity contribution in [3.63, 3.8) is 0 Å². The van der Waals surface area contributed by atoms with Gasteiger partial charge in [0, 0.05) is 44.6 Å². The van der Waals surface area contributed by atoms with E-state index in [1.54, 1.807) is 22.1 Å². The van der Waals surface area contributed by atoms with E-state index in [1.807, 2.05) is 0 Å². The van der Waals surface area contributed by atoms with Crippen LogP contribution in [0.15, 0.2) is 23.1 Å². The van der Waals surface area contributed by atoms with E-state index in [-0.39, 0.29) is 35.8 Å². The van der Waals surface area contributed by atoms with Crippen LogP contribution in [0.5, 0.6) is 0 Å². The first-order valence-corrected chi connectivity index (χ1v) is 11.3. The van der Waals surface area contributed by atoms with Gasteiger partial charge in [-0.1, -0.05) is 6.58 Å². The van der Waals surface area contributed by atoms with Crippen LogP contribution in [0, 0.1) is 12.8 Å². The highest BCUT2D eigenvalue weighted by molar-refractivity contribution is 7.89. The number of likely N-dealkylation sites (tertiary alicyclic amines) is 1. The van der Waals surface area contributed by atoms with E-state index in [9.17, 15) is 18.0 Å². The summed E-state index contributed by atoms with van der Waals surface area (Å²) in [4.78, 5) is 32.1. The molecule has 0 N–H and O–H groups in total. The molecule has 3 rings (SSSR count). The Morgan fingerprint density at radius 1 is 1.22 bits per heavy atom. The van der Waals surface area contributed by atoms with Gasteiger partial charge in [0.25, 0.3) is 10.0 Å². The number of rotatable bonds is 4. The normalized spacial score (nSPS) is 21.9. The van der Waals surface area contributed by atoms with Gasteiger partial charge in [0.15, 0.2) is 5.03 Å². The second-order valence-corrected chi connectivity index (χ2v) is 9.71. The number of aryl methyl sites for hydroxylation is 1. The largest absolute Gasteiger partial charge is 0.340 e. The van der Waals surface area contributed by atoms with Crippen LogP contribution in [0.25, 0.3) is 0 Å². The van der Waals surface area contributed by atoms with Crippen LogP contribution in [-0.2, 0) is 19.6 Å². The van der Waals surface area contributed by atoms with Crippen molar-refractivity contribution in [1.82, 2.24) is 19.1 Å². The first-order chi connectivity index (χ1) is 12.8. The maximum atomic E-state index is 12.8. The molecule has 0 aliphatic carbocycles. The quantitative estimate of drug-likeness (QED) is 0.680. The summed E-state index contributed by atoms with van der Waals surface area (Å²) in [5.74, 6) is -0.382. The van der Waals surface area contributed by atoms with E-state index in [0.29, 0.717) is 31.2 Å². The molecule has 0 bridgehead atoms. The van der Waals surface area contributed by atoms with Crippen LogP contribution >= 0.6 is 11.3 Å². The van der Waals surface area contributed by atoms with Crippen LogP contribution < -0.4 is 0 Å². The van der Waals surface area contributed by atoms with Crippen LogP contribution in [-0.4, -0.2) is 78.6 Å². The summed E-state index contributed by atoms with van der Waals surface area (Å²) in [5, 5.41) is 2.34. The number of hydrogen-bond donors (Lipinski definition) is 0. The van der Waals surface area contributed by atoms with Gasteiger partial charge in [-0.2, -0.15) is 4.31 Å². The number of aromatic nitrogens is 1. The number of hydrogen-bond acceptors (Lipinski definition) is 6. The summed E-state index contributed by atoms with van der Waals surface area (Å²) in [7, 11) is -3.61. The van der Waals surface area contributed by atoms with Crippen molar-refractivity contribution in [2.75, 3.05) is 39.3 Å². The van der Waals surface area contributed by atoms with Crippen LogP contribution in [0.2, 0.25) is 0 Å². The molecule has 8 nitrogen and oxygen atoms in total. The van der Waals surface area contributed by atoms with Crippen molar-refractivity contribution in [3.05, 3.63) is 23.0 Å². The molecule has 0 saturated carbocycles. The van der Waals surface area contributed by atoms with E-state index >= 15 is 0 Å². The van der Waals surface area contributed by atoms with Gasteiger partial charge in [0.1, 0.15) is 0 Å². The molecule has 148 valence electrons. The maximum absolute atomic E-state index is 12.8. The third kappa shape index (κ3) is 4.22. The Bertz CT molecular complexity index is 828. The molecule has 2 aliphatic rings. The third-order valence-electron chi connectivity index (χ3n) is 5.01. The predicted molar refractivity (Wildman–Crippen MR) is 102 cm³/mol. The Hall–Kier alpha value is -1.78. The summed E-state index contributed by atoms with van der Waals surface area (Å²) in [6.45, 7) is 7.54. The van der Waals surface area contributed by atoms with Gasteiger partial charge >= 0.3 is 0 Å². The summed E-state index contributed by atoms with van der Waals surface area (Å²) < 4.78 is 26.7. The molecule has 3 heterocycles. The smallest absolute Gasteiger partial charge is 0.261 e. The van der Waals surface area contributed by atoms with Crippen LogP contribution in [0.1, 0.15) is 17.8 Å². The number of amides is 2. The molecule has 1 unspecified atom stereocenters. The van der Waals surface area contributed by atoms with Gasteiger partial charge in [0.2, 0.25) is 11.8 Å². The van der Waals surface area contributed by atoms with E-state index in [2.05, 4.69) is 11.6 Å². The zero-order chi connectivity index (χ0) is 19.6. The summed E-state index contributed by atoms with van der Waals surface area (Å²) in [6, 6.07) is 0. The molecule has 10 heteroatoms. The van der Waals surface area contributed by atoms with E-state index in [0.717, 1.165) is 12.8 Å². The lowest BCUT2D eigenvalue weighted by molar-refractivity contribution is -0.140. The first kappa shape index (κ1) is 20.0. The minimum Gasteiger partial charge on any atom is -0.340 e. The molecule has 2 amide bonds. The zero-order valence-electron chi connectivity index (χ0n) is 15.3. The molecule has 1 aromatic heterocycles. The fourth-order valence-corrected chi connectivity index (χ4v) is 5.83. The van der Waals surface area contributed by atoms with Crippen LogP contribution in [0.4, 0.5) is 0 Å². The highest BCUT2D eigenvalue weighted by atomic mass is 32.2. The Labute approximate surface area is 163 Å². The first-order valence-electron chi connectivity index (χ1n) is 8.95.